The number of carbonyl (C=O) groups is 1. The Morgan fingerprint density at radius 1 is 1.35 bits per heavy atom. The van der Waals surface area contributed by atoms with Gasteiger partial charge in [-0.15, -0.1) is 11.3 Å². The van der Waals surface area contributed by atoms with Crippen molar-refractivity contribution in [3.63, 3.8) is 0 Å². The second-order valence-electron chi connectivity index (χ2n) is 4.87. The SMILES string of the molecule is CCOC(=O)c1csc(-n2nc(-c3ccccc3)c(C)c2N)n1. The number of nitrogens with zero attached hydrogens (tertiary/aromatic N) is 3. The van der Waals surface area contributed by atoms with Gasteiger partial charge in [0.2, 0.25) is 5.13 Å². The normalized spacial score (nSPS) is 10.7. The number of hydrogen-bond donors (Lipinski definition) is 1. The van der Waals surface area contributed by atoms with Gasteiger partial charge in [-0.25, -0.2) is 9.78 Å². The lowest BCUT2D eigenvalue weighted by Crippen LogP contribution is -2.06. The highest BCUT2D eigenvalue weighted by molar-refractivity contribution is 7.12. The zero-order valence-electron chi connectivity index (χ0n) is 12.8. The zero-order chi connectivity index (χ0) is 16.4. The molecular weight excluding hydrogens is 312 g/mol. The molecule has 1 aromatic carbocycles. The molecule has 6 nitrogen and oxygen atoms in total. The quantitative estimate of drug-likeness (QED) is 0.744. The van der Waals surface area contributed by atoms with Crippen LogP contribution in [-0.2, 0) is 4.74 Å². The molecule has 0 unspecified atom stereocenters. The summed E-state index contributed by atoms with van der Waals surface area (Å²) in [5.41, 5.74) is 9.10. The summed E-state index contributed by atoms with van der Waals surface area (Å²) in [6.45, 7) is 3.99. The van der Waals surface area contributed by atoms with Crippen molar-refractivity contribution < 1.29 is 9.53 Å². The summed E-state index contributed by atoms with van der Waals surface area (Å²) in [6.07, 6.45) is 0. The van der Waals surface area contributed by atoms with E-state index < -0.39 is 5.97 Å². The third kappa shape index (κ3) is 2.83. The molecule has 23 heavy (non-hydrogen) atoms. The van der Waals surface area contributed by atoms with Crippen LogP contribution in [0.1, 0.15) is 23.0 Å². The molecule has 0 aliphatic heterocycles. The van der Waals surface area contributed by atoms with Crippen LogP contribution in [0.2, 0.25) is 0 Å². The maximum atomic E-state index is 11.7. The molecule has 2 heterocycles. The van der Waals surface area contributed by atoms with Crippen LogP contribution >= 0.6 is 11.3 Å². The molecule has 3 aromatic rings. The molecule has 2 N–H and O–H groups in total. The molecular formula is C16H16N4O2S. The number of hydrogen-bond acceptors (Lipinski definition) is 6. The van der Waals surface area contributed by atoms with E-state index in [1.165, 1.54) is 11.3 Å². The van der Waals surface area contributed by atoms with Gasteiger partial charge in [-0.1, -0.05) is 30.3 Å². The molecule has 0 bridgehead atoms. The number of rotatable bonds is 4. The smallest absolute Gasteiger partial charge is 0.357 e. The van der Waals surface area contributed by atoms with Crippen LogP contribution in [0.4, 0.5) is 5.82 Å². The fraction of sp³-hybridized carbons (Fsp3) is 0.188. The monoisotopic (exact) mass is 328 g/mol. The summed E-state index contributed by atoms with van der Waals surface area (Å²) >= 11 is 1.30. The summed E-state index contributed by atoms with van der Waals surface area (Å²) in [7, 11) is 0. The minimum absolute atomic E-state index is 0.265. The minimum Gasteiger partial charge on any atom is -0.461 e. The average molecular weight is 328 g/mol. The van der Waals surface area contributed by atoms with Gasteiger partial charge in [-0.3, -0.25) is 0 Å². The van der Waals surface area contributed by atoms with Gasteiger partial charge >= 0.3 is 5.97 Å². The molecule has 0 aliphatic carbocycles. The van der Waals surface area contributed by atoms with E-state index in [2.05, 4.69) is 10.1 Å². The van der Waals surface area contributed by atoms with Crippen LogP contribution in [-0.4, -0.2) is 27.3 Å². The summed E-state index contributed by atoms with van der Waals surface area (Å²) in [4.78, 5) is 16.0. The first-order valence-electron chi connectivity index (χ1n) is 7.15. The van der Waals surface area contributed by atoms with Gasteiger partial charge in [-0.05, 0) is 13.8 Å². The second kappa shape index (κ2) is 6.21. The lowest BCUT2D eigenvalue weighted by molar-refractivity contribution is 0.0520. The standard InChI is InChI=1S/C16H16N4O2S/c1-3-22-15(21)12-9-23-16(18-12)20-14(17)10(2)13(19-20)11-7-5-4-6-8-11/h4-9H,3,17H2,1-2H3. The number of anilines is 1. The summed E-state index contributed by atoms with van der Waals surface area (Å²) in [5, 5.41) is 6.74. The first-order chi connectivity index (χ1) is 11.1. The van der Waals surface area contributed by atoms with E-state index in [1.54, 1.807) is 17.0 Å². The number of benzene rings is 1. The van der Waals surface area contributed by atoms with Gasteiger partial charge < -0.3 is 10.5 Å². The molecule has 118 valence electrons. The fourth-order valence-corrected chi connectivity index (χ4v) is 2.94. The van der Waals surface area contributed by atoms with Gasteiger partial charge in [0.15, 0.2) is 5.69 Å². The molecule has 2 aromatic heterocycles. The van der Waals surface area contributed by atoms with Crippen molar-refractivity contribution in [1.29, 1.82) is 0 Å². The molecule has 7 heteroatoms. The number of carbonyl (C=O) groups excluding carboxylic acids is 1. The highest BCUT2D eigenvalue weighted by Gasteiger charge is 2.18. The van der Waals surface area contributed by atoms with Crippen molar-refractivity contribution in [2.45, 2.75) is 13.8 Å². The lowest BCUT2D eigenvalue weighted by atomic mass is 10.1. The van der Waals surface area contributed by atoms with Crippen LogP contribution in [0.3, 0.4) is 0 Å². The maximum Gasteiger partial charge on any atom is 0.357 e. The van der Waals surface area contributed by atoms with E-state index in [9.17, 15) is 4.79 Å². The Kier molecular flexibility index (Phi) is 4.12. The van der Waals surface area contributed by atoms with Crippen molar-refractivity contribution in [3.8, 4) is 16.4 Å². The third-order valence-electron chi connectivity index (χ3n) is 3.37. The molecule has 0 fully saturated rings. The van der Waals surface area contributed by atoms with Crippen molar-refractivity contribution in [2.24, 2.45) is 0 Å². The van der Waals surface area contributed by atoms with E-state index in [0.29, 0.717) is 17.6 Å². The number of thiazole rings is 1. The first kappa shape index (κ1) is 15.2. The topological polar surface area (TPSA) is 83.0 Å². The van der Waals surface area contributed by atoms with E-state index in [1.807, 2.05) is 37.3 Å². The molecule has 0 atom stereocenters. The number of nitrogen functional groups attached to an aromatic ring is 1. The Hall–Kier alpha value is -2.67. The third-order valence-corrected chi connectivity index (χ3v) is 4.19. The zero-order valence-corrected chi connectivity index (χ0v) is 13.6. The number of ether oxygens (including phenoxy) is 1. The van der Waals surface area contributed by atoms with Crippen molar-refractivity contribution >= 4 is 23.1 Å². The van der Waals surface area contributed by atoms with Gasteiger partial charge in [0, 0.05) is 16.5 Å². The number of esters is 1. The van der Waals surface area contributed by atoms with Crippen LogP contribution in [0, 0.1) is 6.92 Å². The van der Waals surface area contributed by atoms with Gasteiger partial charge in [0.1, 0.15) is 5.82 Å². The van der Waals surface area contributed by atoms with E-state index in [-0.39, 0.29) is 5.69 Å². The van der Waals surface area contributed by atoms with Crippen LogP contribution < -0.4 is 5.73 Å². The minimum atomic E-state index is -0.444. The van der Waals surface area contributed by atoms with E-state index >= 15 is 0 Å². The Balaban J connectivity index is 2.00. The summed E-state index contributed by atoms with van der Waals surface area (Å²) in [5.74, 6) is 0.0642. The maximum absolute atomic E-state index is 11.7. The summed E-state index contributed by atoms with van der Waals surface area (Å²) in [6, 6.07) is 9.81. The van der Waals surface area contributed by atoms with E-state index in [4.69, 9.17) is 10.5 Å². The van der Waals surface area contributed by atoms with Crippen LogP contribution in [0.25, 0.3) is 16.4 Å². The predicted octanol–water partition coefficient (Wildman–Crippen LogP) is 3.06. The molecule has 0 aliphatic rings. The van der Waals surface area contributed by atoms with Crippen molar-refractivity contribution in [3.05, 3.63) is 47.0 Å². The highest BCUT2D eigenvalue weighted by Crippen LogP contribution is 2.29. The summed E-state index contributed by atoms with van der Waals surface area (Å²) < 4.78 is 6.51. The van der Waals surface area contributed by atoms with Crippen molar-refractivity contribution in [1.82, 2.24) is 14.8 Å². The number of aromatic nitrogens is 3. The largest absolute Gasteiger partial charge is 0.461 e. The average Bonchev–Trinajstić information content (AvgIpc) is 3.15. The highest BCUT2D eigenvalue weighted by atomic mass is 32.1. The molecule has 3 rings (SSSR count). The predicted molar refractivity (Wildman–Crippen MR) is 89.8 cm³/mol. The van der Waals surface area contributed by atoms with E-state index in [0.717, 1.165) is 16.8 Å². The Labute approximate surface area is 137 Å². The van der Waals surface area contributed by atoms with Crippen LogP contribution in [0.5, 0.6) is 0 Å². The van der Waals surface area contributed by atoms with Crippen molar-refractivity contribution in [2.75, 3.05) is 12.3 Å². The molecule has 0 saturated heterocycles. The Morgan fingerprint density at radius 3 is 2.78 bits per heavy atom. The Bertz CT molecular complexity index is 839. The van der Waals surface area contributed by atoms with Gasteiger partial charge in [-0.2, -0.15) is 9.78 Å². The second-order valence-corrected chi connectivity index (χ2v) is 5.71. The Morgan fingerprint density at radius 2 is 2.09 bits per heavy atom. The number of nitrogens with two attached hydrogens (primary N) is 1. The first-order valence-corrected chi connectivity index (χ1v) is 8.03. The van der Waals surface area contributed by atoms with Gasteiger partial charge in [0.05, 0.1) is 12.3 Å². The fourth-order valence-electron chi connectivity index (χ4n) is 2.19. The molecule has 0 spiro atoms. The molecule has 0 saturated carbocycles. The molecule has 0 radical (unpaired) electrons. The molecule has 0 amide bonds. The van der Waals surface area contributed by atoms with Crippen LogP contribution in [0.15, 0.2) is 35.7 Å². The lowest BCUT2D eigenvalue weighted by Gasteiger charge is -1.99. The van der Waals surface area contributed by atoms with Gasteiger partial charge in [0.25, 0.3) is 0 Å².